The van der Waals surface area contributed by atoms with E-state index >= 15 is 0 Å². The van der Waals surface area contributed by atoms with Gasteiger partial charge in [-0.05, 0) is 46.3 Å². The van der Waals surface area contributed by atoms with Crippen molar-refractivity contribution in [3.63, 3.8) is 0 Å². The van der Waals surface area contributed by atoms with Gasteiger partial charge in [-0.3, -0.25) is 4.79 Å². The Labute approximate surface area is 142 Å². The van der Waals surface area contributed by atoms with E-state index in [0.29, 0.717) is 11.4 Å². The van der Waals surface area contributed by atoms with E-state index in [1.54, 1.807) is 6.07 Å². The lowest BCUT2D eigenvalue weighted by molar-refractivity contribution is 0.102. The zero-order valence-corrected chi connectivity index (χ0v) is 14.6. The van der Waals surface area contributed by atoms with E-state index in [1.807, 2.05) is 12.1 Å². The summed E-state index contributed by atoms with van der Waals surface area (Å²) in [5.41, 5.74) is 6.89. The number of carbonyl (C=O) groups excluding carboxylic acids is 1. The third-order valence-corrected chi connectivity index (χ3v) is 4.43. The maximum Gasteiger partial charge on any atom is 0.257 e. The second-order valence-corrected chi connectivity index (χ2v) is 6.50. The number of hydrogen-bond acceptors (Lipinski definition) is 2. The summed E-state index contributed by atoms with van der Waals surface area (Å²) < 4.78 is 1.64. The van der Waals surface area contributed by atoms with Crippen molar-refractivity contribution in [2.45, 2.75) is 0 Å². The Balaban J connectivity index is 2.33. The van der Waals surface area contributed by atoms with Gasteiger partial charge in [-0.2, -0.15) is 0 Å². The predicted octanol–water partition coefficient (Wildman–Crippen LogP) is 5.35. The first-order chi connectivity index (χ1) is 9.38. The first-order valence-electron chi connectivity index (χ1n) is 5.39. The minimum absolute atomic E-state index is 0.173. The van der Waals surface area contributed by atoms with Gasteiger partial charge in [-0.25, -0.2) is 0 Å². The highest BCUT2D eigenvalue weighted by Crippen LogP contribution is 2.31. The summed E-state index contributed by atoms with van der Waals surface area (Å²) in [6, 6.07) is 8.37. The van der Waals surface area contributed by atoms with Crippen molar-refractivity contribution >= 4 is 72.3 Å². The van der Waals surface area contributed by atoms with Crippen molar-refractivity contribution in [3.8, 4) is 0 Å². The maximum absolute atomic E-state index is 12.2. The Kier molecular flexibility index (Phi) is 4.96. The van der Waals surface area contributed by atoms with Gasteiger partial charge in [0.25, 0.3) is 5.91 Å². The molecule has 0 aromatic heterocycles. The molecule has 7 heteroatoms. The topological polar surface area (TPSA) is 55.1 Å². The van der Waals surface area contributed by atoms with Gasteiger partial charge in [0.1, 0.15) is 0 Å². The fourth-order valence-corrected chi connectivity index (χ4v) is 3.12. The van der Waals surface area contributed by atoms with E-state index in [-0.39, 0.29) is 21.5 Å². The van der Waals surface area contributed by atoms with Crippen LogP contribution in [0.15, 0.2) is 39.3 Å². The van der Waals surface area contributed by atoms with Crippen LogP contribution in [-0.4, -0.2) is 5.91 Å². The number of nitrogens with one attached hydrogen (secondary N) is 1. The van der Waals surface area contributed by atoms with Crippen LogP contribution in [0.3, 0.4) is 0 Å². The highest BCUT2D eigenvalue weighted by atomic mass is 79.9. The van der Waals surface area contributed by atoms with Crippen LogP contribution in [0.2, 0.25) is 10.0 Å². The normalized spacial score (nSPS) is 10.4. The van der Waals surface area contributed by atoms with Gasteiger partial charge < -0.3 is 11.1 Å². The molecule has 0 heterocycles. The number of benzene rings is 2. The number of rotatable bonds is 2. The summed E-state index contributed by atoms with van der Waals surface area (Å²) >= 11 is 18.6. The molecular formula is C13H8Br2Cl2N2O. The van der Waals surface area contributed by atoms with E-state index in [9.17, 15) is 4.79 Å². The van der Waals surface area contributed by atoms with E-state index in [1.165, 1.54) is 12.1 Å². The minimum atomic E-state index is -0.382. The average molecular weight is 439 g/mol. The van der Waals surface area contributed by atoms with Gasteiger partial charge in [0, 0.05) is 14.6 Å². The predicted molar refractivity (Wildman–Crippen MR) is 90.7 cm³/mol. The van der Waals surface area contributed by atoms with Crippen LogP contribution < -0.4 is 11.1 Å². The molecule has 104 valence electrons. The standard InChI is InChI=1S/C13H8Br2Cl2N2O/c14-6-1-2-11(9(15)3-6)19-13(20)8-4-7(18)5-10(16)12(8)17/h1-5H,18H2,(H,19,20). The van der Waals surface area contributed by atoms with E-state index in [2.05, 4.69) is 37.2 Å². The first-order valence-corrected chi connectivity index (χ1v) is 7.73. The highest BCUT2D eigenvalue weighted by Gasteiger charge is 2.15. The minimum Gasteiger partial charge on any atom is -0.399 e. The molecule has 0 aliphatic rings. The van der Waals surface area contributed by atoms with Crippen LogP contribution in [-0.2, 0) is 0 Å². The molecule has 0 fully saturated rings. The van der Waals surface area contributed by atoms with Crippen molar-refractivity contribution < 1.29 is 4.79 Å². The van der Waals surface area contributed by atoms with Gasteiger partial charge in [0.05, 0.1) is 21.3 Å². The Hall–Kier alpha value is -0.750. The molecular weight excluding hydrogens is 431 g/mol. The average Bonchev–Trinajstić information content (AvgIpc) is 2.37. The van der Waals surface area contributed by atoms with Gasteiger partial charge >= 0.3 is 0 Å². The fraction of sp³-hybridized carbons (Fsp3) is 0. The molecule has 0 saturated heterocycles. The molecule has 0 saturated carbocycles. The molecule has 2 rings (SSSR count). The highest BCUT2D eigenvalue weighted by molar-refractivity contribution is 9.11. The van der Waals surface area contributed by atoms with Crippen molar-refractivity contribution in [1.82, 2.24) is 0 Å². The summed E-state index contributed by atoms with van der Waals surface area (Å²) in [6.45, 7) is 0. The van der Waals surface area contributed by atoms with Gasteiger partial charge in [-0.15, -0.1) is 0 Å². The third kappa shape index (κ3) is 3.47. The lowest BCUT2D eigenvalue weighted by Gasteiger charge is -2.10. The monoisotopic (exact) mass is 436 g/mol. The molecule has 0 unspecified atom stereocenters. The lowest BCUT2D eigenvalue weighted by Crippen LogP contribution is -2.13. The van der Waals surface area contributed by atoms with Crippen molar-refractivity contribution in [2.75, 3.05) is 11.1 Å². The molecule has 20 heavy (non-hydrogen) atoms. The number of amides is 1. The zero-order valence-electron chi connectivity index (χ0n) is 9.88. The lowest BCUT2D eigenvalue weighted by atomic mass is 10.2. The summed E-state index contributed by atoms with van der Waals surface area (Å²) in [5, 5.41) is 3.16. The Bertz CT molecular complexity index is 692. The molecule has 3 N–H and O–H groups in total. The number of anilines is 2. The van der Waals surface area contributed by atoms with Gasteiger partial charge in [-0.1, -0.05) is 39.1 Å². The van der Waals surface area contributed by atoms with Crippen LogP contribution in [0.25, 0.3) is 0 Å². The van der Waals surface area contributed by atoms with Gasteiger partial charge in [0.2, 0.25) is 0 Å². The summed E-state index contributed by atoms with van der Waals surface area (Å²) in [7, 11) is 0. The summed E-state index contributed by atoms with van der Waals surface area (Å²) in [6.07, 6.45) is 0. The molecule has 3 nitrogen and oxygen atoms in total. The molecule has 0 radical (unpaired) electrons. The molecule has 0 aliphatic heterocycles. The second kappa shape index (κ2) is 6.35. The largest absolute Gasteiger partial charge is 0.399 e. The molecule has 0 atom stereocenters. The quantitative estimate of drug-likeness (QED) is 0.621. The SMILES string of the molecule is Nc1cc(Cl)c(Cl)c(C(=O)Nc2ccc(Br)cc2Br)c1. The summed E-state index contributed by atoms with van der Waals surface area (Å²) in [5.74, 6) is -0.382. The number of hydrogen-bond donors (Lipinski definition) is 2. The van der Waals surface area contributed by atoms with Crippen molar-refractivity contribution in [3.05, 3.63) is 54.9 Å². The molecule has 1 amide bonds. The van der Waals surface area contributed by atoms with Crippen LogP contribution in [0, 0.1) is 0 Å². The van der Waals surface area contributed by atoms with Crippen molar-refractivity contribution in [2.24, 2.45) is 0 Å². The van der Waals surface area contributed by atoms with E-state index in [0.717, 1.165) is 8.95 Å². The van der Waals surface area contributed by atoms with E-state index in [4.69, 9.17) is 28.9 Å². The molecule has 2 aromatic rings. The Morgan fingerprint density at radius 3 is 2.50 bits per heavy atom. The van der Waals surface area contributed by atoms with Crippen LogP contribution >= 0.6 is 55.1 Å². The number of nitrogen functional groups attached to an aromatic ring is 1. The zero-order chi connectivity index (χ0) is 14.9. The van der Waals surface area contributed by atoms with Gasteiger partial charge in [0.15, 0.2) is 0 Å². The number of halogens is 4. The molecule has 0 aliphatic carbocycles. The third-order valence-electron chi connectivity index (χ3n) is 2.47. The summed E-state index contributed by atoms with van der Waals surface area (Å²) in [4.78, 5) is 12.2. The van der Waals surface area contributed by atoms with Crippen LogP contribution in [0.5, 0.6) is 0 Å². The number of nitrogens with two attached hydrogens (primary N) is 1. The molecule has 0 bridgehead atoms. The smallest absolute Gasteiger partial charge is 0.257 e. The fourth-order valence-electron chi connectivity index (χ4n) is 1.56. The Morgan fingerprint density at radius 1 is 1.15 bits per heavy atom. The first kappa shape index (κ1) is 15.6. The van der Waals surface area contributed by atoms with Crippen molar-refractivity contribution in [1.29, 1.82) is 0 Å². The second-order valence-electron chi connectivity index (χ2n) is 3.94. The Morgan fingerprint density at radius 2 is 1.85 bits per heavy atom. The van der Waals surface area contributed by atoms with E-state index < -0.39 is 0 Å². The van der Waals surface area contributed by atoms with Crippen LogP contribution in [0.1, 0.15) is 10.4 Å². The van der Waals surface area contributed by atoms with Crippen LogP contribution in [0.4, 0.5) is 11.4 Å². The maximum atomic E-state index is 12.2. The number of carbonyl (C=O) groups is 1. The molecule has 2 aromatic carbocycles. The molecule has 0 spiro atoms.